The van der Waals surface area contributed by atoms with E-state index in [2.05, 4.69) is 0 Å². The zero-order chi connectivity index (χ0) is 10.3. The van der Waals surface area contributed by atoms with Gasteiger partial charge < -0.3 is 5.73 Å². The molecule has 1 fully saturated rings. The third-order valence-corrected chi connectivity index (χ3v) is 2.90. The van der Waals surface area contributed by atoms with E-state index in [0.717, 1.165) is 6.42 Å². The first kappa shape index (κ1) is 9.59. The maximum atomic E-state index is 13.4. The molecule has 0 spiro atoms. The molecule has 0 radical (unpaired) electrons. The van der Waals surface area contributed by atoms with E-state index < -0.39 is 0 Å². The Labute approximate surface area is 81.9 Å². The van der Waals surface area contributed by atoms with Gasteiger partial charge in [-0.3, -0.25) is 0 Å². The number of hydrogen-bond acceptors (Lipinski definition) is 1. The molecular weight excluding hydrogens is 184 g/mol. The molecule has 1 aromatic rings. The van der Waals surface area contributed by atoms with E-state index in [1.807, 2.05) is 0 Å². The van der Waals surface area contributed by atoms with Crippen LogP contribution in [0.3, 0.4) is 0 Å². The molecule has 0 aromatic heterocycles. The molecule has 0 saturated heterocycles. The van der Waals surface area contributed by atoms with E-state index in [1.54, 1.807) is 6.92 Å². The van der Waals surface area contributed by atoms with Gasteiger partial charge in [0.15, 0.2) is 0 Å². The molecule has 0 bridgehead atoms. The van der Waals surface area contributed by atoms with Crippen molar-refractivity contribution in [2.75, 3.05) is 6.54 Å². The van der Waals surface area contributed by atoms with Crippen molar-refractivity contribution in [1.82, 2.24) is 0 Å². The van der Waals surface area contributed by atoms with Gasteiger partial charge in [-0.05, 0) is 55.0 Å². The minimum Gasteiger partial charge on any atom is -0.330 e. The Bertz CT molecular complexity index is 363. The molecule has 2 rings (SSSR count). The van der Waals surface area contributed by atoms with Crippen LogP contribution in [-0.4, -0.2) is 6.54 Å². The van der Waals surface area contributed by atoms with Crippen molar-refractivity contribution >= 4 is 0 Å². The standard InChI is InChI=1S/C11H13F2N/c1-6-2-11(13)9(4-10(6)12)8-3-7(8)5-14/h2,4,7-8H,3,5,14H2,1H3. The zero-order valence-corrected chi connectivity index (χ0v) is 8.06. The Morgan fingerprint density at radius 1 is 1.36 bits per heavy atom. The van der Waals surface area contributed by atoms with Crippen LogP contribution in [0.5, 0.6) is 0 Å². The summed E-state index contributed by atoms with van der Waals surface area (Å²) in [6.45, 7) is 2.12. The SMILES string of the molecule is Cc1cc(F)c(C2CC2CN)cc1F. The lowest BCUT2D eigenvalue weighted by Crippen LogP contribution is -2.03. The lowest BCUT2D eigenvalue weighted by atomic mass is 10.1. The molecule has 0 heterocycles. The monoisotopic (exact) mass is 197 g/mol. The van der Waals surface area contributed by atoms with Crippen LogP contribution in [0.25, 0.3) is 0 Å². The Balaban J connectivity index is 2.31. The first-order valence-corrected chi connectivity index (χ1v) is 4.79. The number of aryl methyl sites for hydroxylation is 1. The van der Waals surface area contributed by atoms with Gasteiger partial charge in [-0.25, -0.2) is 8.78 Å². The molecular formula is C11H13F2N. The summed E-state index contributed by atoms with van der Waals surface area (Å²) in [6, 6.07) is 2.57. The average Bonchev–Trinajstić information content (AvgIpc) is 2.90. The van der Waals surface area contributed by atoms with Crippen molar-refractivity contribution in [3.8, 4) is 0 Å². The molecule has 76 valence electrons. The molecule has 1 saturated carbocycles. The third-order valence-electron chi connectivity index (χ3n) is 2.90. The van der Waals surface area contributed by atoms with Crippen molar-refractivity contribution < 1.29 is 8.78 Å². The number of rotatable bonds is 2. The van der Waals surface area contributed by atoms with Crippen molar-refractivity contribution in [3.63, 3.8) is 0 Å². The van der Waals surface area contributed by atoms with Crippen LogP contribution in [0, 0.1) is 24.5 Å². The Morgan fingerprint density at radius 3 is 2.64 bits per heavy atom. The summed E-state index contributed by atoms with van der Waals surface area (Å²) in [6.07, 6.45) is 0.885. The highest BCUT2D eigenvalue weighted by atomic mass is 19.1. The Kier molecular flexibility index (Phi) is 2.27. The highest BCUT2D eigenvalue weighted by molar-refractivity contribution is 5.31. The van der Waals surface area contributed by atoms with Gasteiger partial charge in [-0.15, -0.1) is 0 Å². The minimum atomic E-state index is -0.330. The van der Waals surface area contributed by atoms with E-state index in [1.165, 1.54) is 12.1 Å². The fourth-order valence-corrected chi connectivity index (χ4v) is 1.83. The summed E-state index contributed by atoms with van der Waals surface area (Å²) in [7, 11) is 0. The number of hydrogen-bond donors (Lipinski definition) is 1. The highest BCUT2D eigenvalue weighted by Crippen LogP contribution is 2.47. The van der Waals surface area contributed by atoms with Crippen LogP contribution in [0.2, 0.25) is 0 Å². The Morgan fingerprint density at radius 2 is 2.07 bits per heavy atom. The van der Waals surface area contributed by atoms with Crippen LogP contribution >= 0.6 is 0 Å². The summed E-state index contributed by atoms with van der Waals surface area (Å²) in [5.74, 6) is -0.157. The predicted octanol–water partition coefficient (Wildman–Crippen LogP) is 2.34. The summed E-state index contributed by atoms with van der Waals surface area (Å²) in [4.78, 5) is 0. The Hall–Kier alpha value is -0.960. The van der Waals surface area contributed by atoms with Crippen LogP contribution < -0.4 is 5.73 Å². The highest BCUT2D eigenvalue weighted by Gasteiger charge is 2.38. The van der Waals surface area contributed by atoms with Crippen molar-refractivity contribution in [2.24, 2.45) is 11.7 Å². The lowest BCUT2D eigenvalue weighted by molar-refractivity contribution is 0.576. The van der Waals surface area contributed by atoms with Gasteiger partial charge in [-0.1, -0.05) is 0 Å². The number of benzene rings is 1. The zero-order valence-electron chi connectivity index (χ0n) is 8.06. The molecule has 1 aliphatic carbocycles. The number of halogens is 2. The molecule has 1 nitrogen and oxygen atoms in total. The van der Waals surface area contributed by atoms with E-state index >= 15 is 0 Å². The van der Waals surface area contributed by atoms with Gasteiger partial charge >= 0.3 is 0 Å². The van der Waals surface area contributed by atoms with E-state index in [0.29, 0.717) is 23.6 Å². The molecule has 2 unspecified atom stereocenters. The topological polar surface area (TPSA) is 26.0 Å². The second-order valence-corrected chi connectivity index (χ2v) is 3.96. The maximum absolute atomic E-state index is 13.4. The maximum Gasteiger partial charge on any atom is 0.127 e. The first-order chi connectivity index (χ1) is 6.63. The van der Waals surface area contributed by atoms with Gasteiger partial charge in [0.25, 0.3) is 0 Å². The third kappa shape index (κ3) is 1.52. The van der Waals surface area contributed by atoms with Crippen molar-refractivity contribution in [2.45, 2.75) is 19.3 Å². The largest absolute Gasteiger partial charge is 0.330 e. The molecule has 2 atom stereocenters. The second-order valence-electron chi connectivity index (χ2n) is 3.96. The normalized spacial score (nSPS) is 25.1. The fraction of sp³-hybridized carbons (Fsp3) is 0.455. The van der Waals surface area contributed by atoms with Gasteiger partial charge in [0.1, 0.15) is 11.6 Å². The molecule has 14 heavy (non-hydrogen) atoms. The summed E-state index contributed by atoms with van der Waals surface area (Å²) in [5, 5.41) is 0. The predicted molar refractivity (Wildman–Crippen MR) is 51.0 cm³/mol. The smallest absolute Gasteiger partial charge is 0.127 e. The van der Waals surface area contributed by atoms with Gasteiger partial charge in [0, 0.05) is 0 Å². The van der Waals surface area contributed by atoms with Gasteiger partial charge in [0.05, 0.1) is 0 Å². The van der Waals surface area contributed by atoms with Crippen LogP contribution in [0.4, 0.5) is 8.78 Å². The van der Waals surface area contributed by atoms with Crippen LogP contribution in [-0.2, 0) is 0 Å². The van der Waals surface area contributed by atoms with Crippen LogP contribution in [0.1, 0.15) is 23.5 Å². The van der Waals surface area contributed by atoms with Crippen molar-refractivity contribution in [3.05, 3.63) is 34.9 Å². The summed E-state index contributed by atoms with van der Waals surface area (Å²) < 4.78 is 26.6. The van der Waals surface area contributed by atoms with Crippen molar-refractivity contribution in [1.29, 1.82) is 0 Å². The van der Waals surface area contributed by atoms with Gasteiger partial charge in [0.2, 0.25) is 0 Å². The summed E-state index contributed by atoms with van der Waals surface area (Å²) in [5.41, 5.74) is 6.31. The van der Waals surface area contributed by atoms with E-state index in [4.69, 9.17) is 5.73 Å². The number of nitrogens with two attached hydrogens (primary N) is 1. The molecule has 0 amide bonds. The average molecular weight is 197 g/mol. The molecule has 1 aliphatic rings. The fourth-order valence-electron chi connectivity index (χ4n) is 1.83. The minimum absolute atomic E-state index is 0.134. The van der Waals surface area contributed by atoms with Crippen LogP contribution in [0.15, 0.2) is 12.1 Å². The molecule has 2 N–H and O–H groups in total. The van der Waals surface area contributed by atoms with E-state index in [-0.39, 0.29) is 17.6 Å². The first-order valence-electron chi connectivity index (χ1n) is 4.79. The summed E-state index contributed by atoms with van der Waals surface area (Å²) >= 11 is 0. The molecule has 3 heteroatoms. The quantitative estimate of drug-likeness (QED) is 0.773. The second kappa shape index (κ2) is 3.31. The molecule has 0 aliphatic heterocycles. The van der Waals surface area contributed by atoms with E-state index in [9.17, 15) is 8.78 Å². The lowest BCUT2D eigenvalue weighted by Gasteiger charge is -2.04. The molecule has 1 aromatic carbocycles. The van der Waals surface area contributed by atoms with Gasteiger partial charge in [-0.2, -0.15) is 0 Å².